The highest BCUT2D eigenvalue weighted by atomic mass is 32.2. The van der Waals surface area contributed by atoms with Crippen molar-refractivity contribution in [1.29, 1.82) is 0 Å². The molecule has 1 aliphatic carbocycles. The van der Waals surface area contributed by atoms with Crippen LogP contribution in [-0.4, -0.2) is 27.0 Å². The summed E-state index contributed by atoms with van der Waals surface area (Å²) in [5, 5.41) is 3.64. The standard InChI is InChI=1S/C13H20N2O3S2/c1-7(2)10(16)11-9(14)12(20(3,17)18)13(19-11)15-6-8-4-5-8/h7-8,15H,4-6,14H2,1-3H3. The highest BCUT2D eigenvalue weighted by Gasteiger charge is 2.29. The molecule has 0 radical (unpaired) electrons. The highest BCUT2D eigenvalue weighted by Crippen LogP contribution is 2.41. The van der Waals surface area contributed by atoms with Gasteiger partial charge >= 0.3 is 0 Å². The number of anilines is 2. The molecule has 1 heterocycles. The van der Waals surface area contributed by atoms with Crippen LogP contribution < -0.4 is 11.1 Å². The van der Waals surface area contributed by atoms with Gasteiger partial charge in [-0.2, -0.15) is 0 Å². The Morgan fingerprint density at radius 2 is 2.05 bits per heavy atom. The van der Waals surface area contributed by atoms with E-state index < -0.39 is 9.84 Å². The number of nitrogens with one attached hydrogen (secondary N) is 1. The Bertz CT molecular complexity index is 628. The summed E-state index contributed by atoms with van der Waals surface area (Å²) in [5.74, 6) is 0.284. The second-order valence-corrected chi connectivity index (χ2v) is 8.59. The molecule has 0 spiro atoms. The van der Waals surface area contributed by atoms with Crippen LogP contribution in [0.3, 0.4) is 0 Å². The number of thiophene rings is 1. The molecule has 0 bridgehead atoms. The van der Waals surface area contributed by atoms with Crippen LogP contribution in [0, 0.1) is 11.8 Å². The van der Waals surface area contributed by atoms with E-state index in [4.69, 9.17) is 5.73 Å². The molecule has 0 unspecified atom stereocenters. The molecule has 1 aromatic rings. The maximum absolute atomic E-state index is 12.1. The van der Waals surface area contributed by atoms with Gasteiger partial charge in [0.2, 0.25) is 0 Å². The van der Waals surface area contributed by atoms with E-state index in [1.165, 1.54) is 12.8 Å². The van der Waals surface area contributed by atoms with Crippen LogP contribution in [0.2, 0.25) is 0 Å². The van der Waals surface area contributed by atoms with Gasteiger partial charge in [0.05, 0.1) is 10.6 Å². The molecule has 0 atom stereocenters. The zero-order valence-electron chi connectivity index (χ0n) is 11.9. The minimum absolute atomic E-state index is 0.0761. The number of carbonyl (C=O) groups is 1. The lowest BCUT2D eigenvalue weighted by Gasteiger charge is -2.05. The predicted molar refractivity (Wildman–Crippen MR) is 82.2 cm³/mol. The van der Waals surface area contributed by atoms with E-state index in [0.29, 0.717) is 15.8 Å². The summed E-state index contributed by atoms with van der Waals surface area (Å²) in [5.41, 5.74) is 6.01. The summed E-state index contributed by atoms with van der Waals surface area (Å²) >= 11 is 1.15. The van der Waals surface area contributed by atoms with Crippen LogP contribution in [0.25, 0.3) is 0 Å². The molecule has 0 amide bonds. The van der Waals surface area contributed by atoms with Crippen LogP contribution in [0.15, 0.2) is 4.90 Å². The average molecular weight is 316 g/mol. The van der Waals surface area contributed by atoms with E-state index >= 15 is 0 Å². The number of Topliss-reactive ketones (excluding diaryl/α,β-unsaturated/α-hetero) is 1. The third-order valence-corrected chi connectivity index (χ3v) is 5.74. The van der Waals surface area contributed by atoms with E-state index in [1.807, 2.05) is 0 Å². The van der Waals surface area contributed by atoms with Gasteiger partial charge in [0.1, 0.15) is 9.90 Å². The fourth-order valence-corrected chi connectivity index (χ4v) is 4.58. The number of rotatable bonds is 6. The van der Waals surface area contributed by atoms with Crippen molar-refractivity contribution in [2.75, 3.05) is 23.9 Å². The molecule has 20 heavy (non-hydrogen) atoms. The molecule has 0 aromatic carbocycles. The Kier molecular flexibility index (Phi) is 4.11. The monoisotopic (exact) mass is 316 g/mol. The van der Waals surface area contributed by atoms with Gasteiger partial charge in [-0.25, -0.2) is 8.42 Å². The van der Waals surface area contributed by atoms with Crippen LogP contribution in [-0.2, 0) is 9.84 Å². The molecule has 3 N–H and O–H groups in total. The predicted octanol–water partition coefficient (Wildman–Crippen LogP) is 2.39. The molecule has 1 saturated carbocycles. The van der Waals surface area contributed by atoms with Crippen LogP contribution in [0.1, 0.15) is 36.4 Å². The van der Waals surface area contributed by atoms with Crippen molar-refractivity contribution in [3.05, 3.63) is 4.88 Å². The second-order valence-electron chi connectivity index (χ2n) is 5.62. The summed E-state index contributed by atoms with van der Waals surface area (Å²) in [7, 11) is -3.46. The number of nitrogen functional groups attached to an aromatic ring is 1. The quantitative estimate of drug-likeness (QED) is 0.787. The van der Waals surface area contributed by atoms with Crippen molar-refractivity contribution < 1.29 is 13.2 Å². The Morgan fingerprint density at radius 3 is 2.50 bits per heavy atom. The molecule has 1 aromatic heterocycles. The van der Waals surface area contributed by atoms with Crippen molar-refractivity contribution in [3.8, 4) is 0 Å². The van der Waals surface area contributed by atoms with E-state index in [9.17, 15) is 13.2 Å². The van der Waals surface area contributed by atoms with Crippen LogP contribution >= 0.6 is 11.3 Å². The minimum atomic E-state index is -3.46. The molecular weight excluding hydrogens is 296 g/mol. The number of nitrogens with two attached hydrogens (primary N) is 1. The fraction of sp³-hybridized carbons (Fsp3) is 0.615. The summed E-state index contributed by atoms with van der Waals surface area (Å²) in [6, 6.07) is 0. The first-order valence-corrected chi connectivity index (χ1v) is 9.33. The largest absolute Gasteiger partial charge is 0.396 e. The summed E-state index contributed by atoms with van der Waals surface area (Å²) in [6.07, 6.45) is 3.46. The number of hydrogen-bond donors (Lipinski definition) is 2. The molecule has 0 saturated heterocycles. The Hall–Kier alpha value is -1.08. The van der Waals surface area contributed by atoms with Gasteiger partial charge in [-0.1, -0.05) is 13.8 Å². The number of sulfone groups is 1. The van der Waals surface area contributed by atoms with Crippen molar-refractivity contribution in [1.82, 2.24) is 0 Å². The van der Waals surface area contributed by atoms with Gasteiger partial charge in [-0.3, -0.25) is 4.79 Å². The molecule has 0 aliphatic heterocycles. The van der Waals surface area contributed by atoms with Gasteiger partial charge in [0.25, 0.3) is 0 Å². The Morgan fingerprint density at radius 1 is 1.45 bits per heavy atom. The molecule has 1 fully saturated rings. The number of hydrogen-bond acceptors (Lipinski definition) is 6. The second kappa shape index (κ2) is 5.37. The summed E-state index contributed by atoms with van der Waals surface area (Å²) in [4.78, 5) is 12.5. The van der Waals surface area contributed by atoms with Gasteiger partial charge in [-0.05, 0) is 18.8 Å². The Labute approximate surface area is 123 Å². The van der Waals surface area contributed by atoms with Gasteiger partial charge in [0.15, 0.2) is 15.6 Å². The van der Waals surface area contributed by atoms with Gasteiger partial charge in [-0.15, -0.1) is 11.3 Å². The smallest absolute Gasteiger partial charge is 0.180 e. The third-order valence-electron chi connectivity index (χ3n) is 3.27. The topological polar surface area (TPSA) is 89.3 Å². The molecule has 5 nitrogen and oxygen atoms in total. The molecule has 1 aliphatic rings. The lowest BCUT2D eigenvalue weighted by atomic mass is 10.1. The van der Waals surface area contributed by atoms with E-state index in [-0.39, 0.29) is 22.3 Å². The number of ketones is 1. The highest BCUT2D eigenvalue weighted by molar-refractivity contribution is 7.91. The van der Waals surface area contributed by atoms with Crippen LogP contribution in [0.4, 0.5) is 10.7 Å². The summed E-state index contributed by atoms with van der Waals surface area (Å²) in [6.45, 7) is 4.29. The Balaban J connectivity index is 2.42. The van der Waals surface area contributed by atoms with Crippen molar-refractivity contribution in [2.45, 2.75) is 31.6 Å². The lowest BCUT2D eigenvalue weighted by Crippen LogP contribution is -2.10. The lowest BCUT2D eigenvalue weighted by molar-refractivity contribution is 0.0944. The van der Waals surface area contributed by atoms with Gasteiger partial charge in [0, 0.05) is 18.7 Å². The van der Waals surface area contributed by atoms with Crippen molar-refractivity contribution >= 4 is 37.6 Å². The normalized spacial score (nSPS) is 15.6. The number of carbonyl (C=O) groups excluding carboxylic acids is 1. The molecule has 2 rings (SSSR count). The maximum Gasteiger partial charge on any atom is 0.180 e. The molecule has 7 heteroatoms. The maximum atomic E-state index is 12.1. The van der Waals surface area contributed by atoms with E-state index in [1.54, 1.807) is 13.8 Å². The fourth-order valence-electron chi connectivity index (χ4n) is 1.92. The van der Waals surface area contributed by atoms with E-state index in [2.05, 4.69) is 5.32 Å². The van der Waals surface area contributed by atoms with Crippen molar-refractivity contribution in [2.24, 2.45) is 11.8 Å². The summed E-state index contributed by atoms with van der Waals surface area (Å²) < 4.78 is 23.8. The first kappa shape index (κ1) is 15.3. The van der Waals surface area contributed by atoms with Gasteiger partial charge < -0.3 is 11.1 Å². The molecular formula is C13H20N2O3S2. The van der Waals surface area contributed by atoms with Crippen LogP contribution in [0.5, 0.6) is 0 Å². The molecule has 112 valence electrons. The first-order valence-electron chi connectivity index (χ1n) is 6.62. The minimum Gasteiger partial charge on any atom is -0.396 e. The first-order chi connectivity index (χ1) is 9.21. The zero-order chi connectivity index (χ0) is 15.1. The average Bonchev–Trinajstić information content (AvgIpc) is 3.08. The van der Waals surface area contributed by atoms with Crippen molar-refractivity contribution in [3.63, 3.8) is 0 Å². The third kappa shape index (κ3) is 3.15. The zero-order valence-corrected chi connectivity index (χ0v) is 13.5. The SMILES string of the molecule is CC(C)C(=O)c1sc(NCC2CC2)c(S(C)(=O)=O)c1N. The van der Waals surface area contributed by atoms with E-state index in [0.717, 1.165) is 24.1 Å².